The Kier molecular flexibility index (Phi) is 5.14. The molecule has 0 saturated carbocycles. The molecule has 2 aromatic carbocycles. The zero-order chi connectivity index (χ0) is 18.5. The van der Waals surface area contributed by atoms with Gasteiger partial charge >= 0.3 is 0 Å². The first-order valence-electron chi connectivity index (χ1n) is 9.42. The third-order valence-electron chi connectivity index (χ3n) is 4.89. The summed E-state index contributed by atoms with van der Waals surface area (Å²) in [5.74, 6) is 1.54. The highest BCUT2D eigenvalue weighted by atomic mass is 15.4. The molecule has 1 fully saturated rings. The van der Waals surface area contributed by atoms with Gasteiger partial charge in [-0.05, 0) is 31.2 Å². The Hall–Kier alpha value is -3.15. The van der Waals surface area contributed by atoms with Gasteiger partial charge in [-0.15, -0.1) is 5.10 Å². The standard InChI is InChI=1S/C21H24N6/c1-2-27(19-11-7-4-8-12-19)21-23-20(17-22-24-21)26-15-13-25(14-16-26)18-9-5-3-6-10-18/h3-12,17H,2,13-16H2,1H3. The summed E-state index contributed by atoms with van der Waals surface area (Å²) in [7, 11) is 0. The van der Waals surface area contributed by atoms with Crippen LogP contribution in [0.4, 0.5) is 23.1 Å². The van der Waals surface area contributed by atoms with Crippen LogP contribution >= 0.6 is 0 Å². The lowest BCUT2D eigenvalue weighted by Gasteiger charge is -2.36. The Bertz CT molecular complexity index is 847. The second-order valence-corrected chi connectivity index (χ2v) is 6.50. The summed E-state index contributed by atoms with van der Waals surface area (Å²) in [5, 5.41) is 8.49. The number of hydrogen-bond donors (Lipinski definition) is 0. The monoisotopic (exact) mass is 360 g/mol. The van der Waals surface area contributed by atoms with Crippen molar-refractivity contribution >= 4 is 23.1 Å². The normalized spacial score (nSPS) is 14.3. The van der Waals surface area contributed by atoms with E-state index in [1.54, 1.807) is 6.20 Å². The van der Waals surface area contributed by atoms with Crippen LogP contribution in [0.1, 0.15) is 6.92 Å². The second-order valence-electron chi connectivity index (χ2n) is 6.50. The molecular formula is C21H24N6. The van der Waals surface area contributed by atoms with E-state index >= 15 is 0 Å². The van der Waals surface area contributed by atoms with Crippen molar-refractivity contribution in [1.82, 2.24) is 15.2 Å². The Balaban J connectivity index is 1.48. The Morgan fingerprint density at radius 3 is 2.15 bits per heavy atom. The minimum Gasteiger partial charge on any atom is -0.368 e. The third-order valence-corrected chi connectivity index (χ3v) is 4.89. The van der Waals surface area contributed by atoms with Gasteiger partial charge in [-0.1, -0.05) is 36.4 Å². The van der Waals surface area contributed by atoms with Gasteiger partial charge in [0.2, 0.25) is 0 Å². The molecule has 1 saturated heterocycles. The molecule has 2 heterocycles. The highest BCUT2D eigenvalue weighted by Gasteiger charge is 2.20. The van der Waals surface area contributed by atoms with Crippen LogP contribution in [0.5, 0.6) is 0 Å². The molecule has 0 amide bonds. The number of aromatic nitrogens is 3. The largest absolute Gasteiger partial charge is 0.368 e. The molecule has 0 radical (unpaired) electrons. The number of para-hydroxylation sites is 2. The van der Waals surface area contributed by atoms with Gasteiger partial charge < -0.3 is 14.7 Å². The quantitative estimate of drug-likeness (QED) is 0.695. The molecule has 4 rings (SSSR count). The van der Waals surface area contributed by atoms with Crippen molar-refractivity contribution in [3.63, 3.8) is 0 Å². The molecule has 0 atom stereocenters. The summed E-state index contributed by atoms with van der Waals surface area (Å²) >= 11 is 0. The molecule has 0 N–H and O–H groups in total. The molecule has 0 unspecified atom stereocenters. The predicted octanol–water partition coefficient (Wildman–Crippen LogP) is 3.36. The maximum Gasteiger partial charge on any atom is 0.251 e. The van der Waals surface area contributed by atoms with Crippen LogP contribution < -0.4 is 14.7 Å². The molecule has 1 aliphatic heterocycles. The number of rotatable bonds is 5. The molecule has 1 aromatic heterocycles. The third kappa shape index (κ3) is 3.84. The van der Waals surface area contributed by atoms with Crippen molar-refractivity contribution in [1.29, 1.82) is 0 Å². The Morgan fingerprint density at radius 1 is 0.852 bits per heavy atom. The van der Waals surface area contributed by atoms with Crippen molar-refractivity contribution in [3.05, 3.63) is 66.9 Å². The van der Waals surface area contributed by atoms with E-state index in [1.165, 1.54) is 5.69 Å². The van der Waals surface area contributed by atoms with Crippen LogP contribution in [0.3, 0.4) is 0 Å². The summed E-state index contributed by atoms with van der Waals surface area (Å²) < 4.78 is 0. The fraction of sp³-hybridized carbons (Fsp3) is 0.286. The van der Waals surface area contributed by atoms with Gasteiger partial charge in [0, 0.05) is 44.1 Å². The number of hydrogen-bond acceptors (Lipinski definition) is 6. The van der Waals surface area contributed by atoms with E-state index < -0.39 is 0 Å². The molecular weight excluding hydrogens is 336 g/mol. The van der Waals surface area contributed by atoms with Gasteiger partial charge in [0.15, 0.2) is 5.82 Å². The minimum atomic E-state index is 0.645. The molecule has 27 heavy (non-hydrogen) atoms. The predicted molar refractivity (Wildman–Crippen MR) is 110 cm³/mol. The maximum absolute atomic E-state index is 4.80. The van der Waals surface area contributed by atoms with Crippen molar-refractivity contribution in [2.24, 2.45) is 0 Å². The van der Waals surface area contributed by atoms with E-state index in [2.05, 4.69) is 74.3 Å². The van der Waals surface area contributed by atoms with Crippen molar-refractivity contribution in [3.8, 4) is 0 Å². The number of nitrogens with zero attached hydrogens (tertiary/aromatic N) is 6. The van der Waals surface area contributed by atoms with Crippen LogP contribution in [0, 0.1) is 0 Å². The summed E-state index contributed by atoms with van der Waals surface area (Å²) in [6, 6.07) is 20.8. The van der Waals surface area contributed by atoms with Crippen LogP contribution in [-0.2, 0) is 0 Å². The molecule has 0 aliphatic carbocycles. The molecule has 6 nitrogen and oxygen atoms in total. The molecule has 3 aromatic rings. The van der Waals surface area contributed by atoms with E-state index in [1.807, 2.05) is 18.2 Å². The molecule has 6 heteroatoms. The SMILES string of the molecule is CCN(c1ccccc1)c1nncc(N2CCN(c3ccccc3)CC2)n1. The Morgan fingerprint density at radius 2 is 1.48 bits per heavy atom. The zero-order valence-electron chi connectivity index (χ0n) is 15.6. The fourth-order valence-corrected chi connectivity index (χ4v) is 3.43. The van der Waals surface area contributed by atoms with Crippen molar-refractivity contribution in [2.75, 3.05) is 47.4 Å². The highest BCUT2D eigenvalue weighted by molar-refractivity contribution is 5.58. The van der Waals surface area contributed by atoms with Gasteiger partial charge in [0.05, 0.1) is 6.20 Å². The average molecular weight is 360 g/mol. The first-order chi connectivity index (χ1) is 13.3. The maximum atomic E-state index is 4.80. The average Bonchev–Trinajstić information content (AvgIpc) is 2.76. The van der Waals surface area contributed by atoms with Gasteiger partial charge in [0.1, 0.15) is 0 Å². The van der Waals surface area contributed by atoms with E-state index in [9.17, 15) is 0 Å². The lowest BCUT2D eigenvalue weighted by molar-refractivity contribution is 0.644. The van der Waals surface area contributed by atoms with E-state index in [-0.39, 0.29) is 0 Å². The van der Waals surface area contributed by atoms with Crippen LogP contribution in [0.15, 0.2) is 66.9 Å². The minimum absolute atomic E-state index is 0.645. The van der Waals surface area contributed by atoms with Crippen LogP contribution in [0.25, 0.3) is 0 Å². The van der Waals surface area contributed by atoms with Gasteiger partial charge in [-0.3, -0.25) is 0 Å². The van der Waals surface area contributed by atoms with E-state index in [0.717, 1.165) is 44.2 Å². The summed E-state index contributed by atoms with van der Waals surface area (Å²) in [4.78, 5) is 11.6. The molecule has 0 bridgehead atoms. The first kappa shape index (κ1) is 17.3. The van der Waals surface area contributed by atoms with E-state index in [4.69, 9.17) is 4.98 Å². The molecule has 138 valence electrons. The summed E-state index contributed by atoms with van der Waals surface area (Å²) in [6.45, 7) is 6.67. The summed E-state index contributed by atoms with van der Waals surface area (Å²) in [6.07, 6.45) is 1.76. The molecule has 0 spiro atoms. The molecule has 1 aliphatic rings. The van der Waals surface area contributed by atoms with Gasteiger partial charge in [-0.25, -0.2) is 0 Å². The number of benzene rings is 2. The fourth-order valence-electron chi connectivity index (χ4n) is 3.43. The van der Waals surface area contributed by atoms with Gasteiger partial charge in [-0.2, -0.15) is 10.1 Å². The first-order valence-corrected chi connectivity index (χ1v) is 9.42. The van der Waals surface area contributed by atoms with Crippen LogP contribution in [-0.4, -0.2) is 47.9 Å². The van der Waals surface area contributed by atoms with Crippen molar-refractivity contribution < 1.29 is 0 Å². The summed E-state index contributed by atoms with van der Waals surface area (Å²) in [5.41, 5.74) is 2.35. The van der Waals surface area contributed by atoms with Crippen LogP contribution in [0.2, 0.25) is 0 Å². The lowest BCUT2D eigenvalue weighted by Crippen LogP contribution is -2.47. The smallest absolute Gasteiger partial charge is 0.251 e. The van der Waals surface area contributed by atoms with E-state index in [0.29, 0.717) is 5.95 Å². The highest BCUT2D eigenvalue weighted by Crippen LogP contribution is 2.23. The number of anilines is 4. The second kappa shape index (κ2) is 8.03. The van der Waals surface area contributed by atoms with Crippen molar-refractivity contribution in [2.45, 2.75) is 6.92 Å². The topological polar surface area (TPSA) is 48.4 Å². The Labute approximate surface area is 160 Å². The lowest BCUT2D eigenvalue weighted by atomic mass is 10.2. The number of piperazine rings is 1. The zero-order valence-corrected chi connectivity index (χ0v) is 15.6. The van der Waals surface area contributed by atoms with Gasteiger partial charge in [0.25, 0.3) is 5.95 Å².